The zero-order chi connectivity index (χ0) is 25.9. The van der Waals surface area contributed by atoms with E-state index >= 15 is 0 Å². The van der Waals surface area contributed by atoms with Crippen molar-refractivity contribution in [2.24, 2.45) is 5.10 Å². The second-order valence-corrected chi connectivity index (χ2v) is 8.28. The van der Waals surface area contributed by atoms with Crippen molar-refractivity contribution < 1.29 is 9.53 Å². The van der Waals surface area contributed by atoms with Crippen molar-refractivity contribution in [3.05, 3.63) is 112 Å². The van der Waals surface area contributed by atoms with Crippen molar-refractivity contribution in [3.63, 3.8) is 0 Å². The maximum absolute atomic E-state index is 13.2. The molecule has 0 saturated carbocycles. The molecule has 4 aromatic carbocycles. The van der Waals surface area contributed by atoms with Crippen LogP contribution in [0.4, 0.5) is 0 Å². The molecule has 0 aliphatic carbocycles. The van der Waals surface area contributed by atoms with Gasteiger partial charge in [-0.15, -0.1) is 0 Å². The fourth-order valence-corrected chi connectivity index (χ4v) is 4.32. The molecule has 0 atom stereocenters. The molecule has 0 unspecified atom stereocenters. The number of amides is 1. The predicted molar refractivity (Wildman–Crippen MR) is 142 cm³/mol. The van der Waals surface area contributed by atoms with Crippen LogP contribution in [-0.4, -0.2) is 29.0 Å². The average molecular weight is 488 g/mol. The van der Waals surface area contributed by atoms with Gasteiger partial charge in [-0.25, -0.2) is 5.43 Å². The Morgan fingerprint density at radius 3 is 2.30 bits per heavy atom. The number of carbonyl (C=O) groups excluding carboxylic acids is 1. The number of fused-ring (bicyclic) bond motifs is 2. The van der Waals surface area contributed by atoms with Gasteiger partial charge in [0.25, 0.3) is 11.5 Å². The first-order valence-corrected chi connectivity index (χ1v) is 11.4. The van der Waals surface area contributed by atoms with E-state index in [0.29, 0.717) is 11.4 Å². The lowest BCUT2D eigenvalue weighted by Crippen LogP contribution is -2.31. The molecular formula is C29H21N5O3. The molecule has 1 amide bonds. The Morgan fingerprint density at radius 2 is 1.65 bits per heavy atom. The van der Waals surface area contributed by atoms with Crippen LogP contribution in [0.15, 0.2) is 88.8 Å². The number of rotatable bonds is 5. The quantitative estimate of drug-likeness (QED) is 0.223. The lowest BCUT2D eigenvalue weighted by atomic mass is 9.97. The van der Waals surface area contributed by atoms with Gasteiger partial charge in [0.2, 0.25) is 0 Å². The highest BCUT2D eigenvalue weighted by Gasteiger charge is 2.21. The first-order chi connectivity index (χ1) is 18.0. The lowest BCUT2D eigenvalue weighted by Gasteiger charge is -2.13. The zero-order valence-corrected chi connectivity index (χ0v) is 20.1. The van der Waals surface area contributed by atoms with Gasteiger partial charge in [-0.2, -0.15) is 20.1 Å². The molecule has 37 heavy (non-hydrogen) atoms. The van der Waals surface area contributed by atoms with Crippen LogP contribution in [0, 0.1) is 18.3 Å². The minimum atomic E-state index is -0.654. The summed E-state index contributed by atoms with van der Waals surface area (Å²) in [4.78, 5) is 26.1. The number of aromatic nitrogens is 2. The fourth-order valence-electron chi connectivity index (χ4n) is 4.32. The SMILES string of the molecule is COc1ccccc1-n1nc(C(=O)N/N=C/c2c3ccccc3cc3ccccc23)c(C)c(C#N)c1=O. The number of nitriles is 1. The molecule has 5 rings (SSSR count). The smallest absolute Gasteiger partial charge is 0.292 e. The van der Waals surface area contributed by atoms with Crippen LogP contribution in [0.1, 0.15) is 27.2 Å². The van der Waals surface area contributed by atoms with Gasteiger partial charge >= 0.3 is 0 Å². The molecule has 0 radical (unpaired) electrons. The van der Waals surface area contributed by atoms with E-state index in [1.54, 1.807) is 30.5 Å². The Labute approximate surface area is 212 Å². The van der Waals surface area contributed by atoms with E-state index in [1.807, 2.05) is 54.6 Å². The summed E-state index contributed by atoms with van der Waals surface area (Å²) >= 11 is 0. The summed E-state index contributed by atoms with van der Waals surface area (Å²) < 4.78 is 6.34. The molecular weight excluding hydrogens is 466 g/mol. The van der Waals surface area contributed by atoms with E-state index < -0.39 is 11.5 Å². The molecule has 0 aliphatic rings. The van der Waals surface area contributed by atoms with Crippen molar-refractivity contribution >= 4 is 33.7 Å². The lowest BCUT2D eigenvalue weighted by molar-refractivity contribution is 0.0947. The summed E-state index contributed by atoms with van der Waals surface area (Å²) in [7, 11) is 1.46. The van der Waals surface area contributed by atoms with Crippen LogP contribution in [0.25, 0.3) is 27.2 Å². The Kier molecular flexibility index (Phi) is 6.18. The Balaban J connectivity index is 1.56. The van der Waals surface area contributed by atoms with Crippen LogP contribution in [-0.2, 0) is 0 Å². The molecule has 0 fully saturated rings. The molecule has 8 nitrogen and oxygen atoms in total. The first kappa shape index (κ1) is 23.5. The second kappa shape index (κ2) is 9.76. The molecule has 1 heterocycles. The molecule has 8 heteroatoms. The van der Waals surface area contributed by atoms with E-state index in [1.165, 1.54) is 14.0 Å². The number of para-hydroxylation sites is 2. The van der Waals surface area contributed by atoms with Crippen molar-refractivity contribution in [1.29, 1.82) is 5.26 Å². The van der Waals surface area contributed by atoms with Crippen LogP contribution in [0.5, 0.6) is 5.75 Å². The number of nitrogens with zero attached hydrogens (tertiary/aromatic N) is 4. The Hall–Kier alpha value is -5.29. The fraction of sp³-hybridized carbons (Fsp3) is 0.0690. The number of nitrogens with one attached hydrogen (secondary N) is 1. The summed E-state index contributed by atoms with van der Waals surface area (Å²) in [5.41, 5.74) is 2.92. The van der Waals surface area contributed by atoms with Gasteiger partial charge in [-0.1, -0.05) is 60.7 Å². The summed E-state index contributed by atoms with van der Waals surface area (Å²) in [6.45, 7) is 1.51. The summed E-state index contributed by atoms with van der Waals surface area (Å²) in [6, 6.07) is 26.6. The predicted octanol–water partition coefficient (Wildman–Crippen LogP) is 4.49. The van der Waals surface area contributed by atoms with Crippen molar-refractivity contribution in [1.82, 2.24) is 15.2 Å². The highest BCUT2D eigenvalue weighted by Crippen LogP contribution is 2.27. The summed E-state index contributed by atoms with van der Waals surface area (Å²) in [5.74, 6) is -0.282. The van der Waals surface area contributed by atoms with E-state index in [9.17, 15) is 14.9 Å². The molecule has 0 saturated heterocycles. The first-order valence-electron chi connectivity index (χ1n) is 11.4. The minimum Gasteiger partial charge on any atom is -0.494 e. The zero-order valence-electron chi connectivity index (χ0n) is 20.1. The number of hydrogen-bond donors (Lipinski definition) is 1. The minimum absolute atomic E-state index is 0.0954. The molecule has 1 aromatic heterocycles. The normalized spacial score (nSPS) is 11.1. The standard InChI is InChI=1S/C29H21N5O3/c1-18-23(16-30)29(36)34(25-13-7-8-14-26(25)37-2)33-27(18)28(35)32-31-17-24-21-11-5-3-9-19(21)15-20-10-4-6-12-22(20)24/h3-15,17H,1-2H3,(H,32,35)/b31-17+. The van der Waals surface area contributed by atoms with E-state index in [-0.39, 0.29) is 16.8 Å². The van der Waals surface area contributed by atoms with Crippen LogP contribution in [0.2, 0.25) is 0 Å². The maximum atomic E-state index is 13.2. The molecule has 0 spiro atoms. The van der Waals surface area contributed by atoms with Gasteiger partial charge in [-0.05, 0) is 46.7 Å². The van der Waals surface area contributed by atoms with Gasteiger partial charge in [0.05, 0.1) is 13.3 Å². The average Bonchev–Trinajstić information content (AvgIpc) is 2.93. The molecule has 1 N–H and O–H groups in total. The number of carbonyl (C=O) groups is 1. The third kappa shape index (κ3) is 4.19. The highest BCUT2D eigenvalue weighted by atomic mass is 16.5. The number of hydrogen-bond acceptors (Lipinski definition) is 6. The van der Waals surface area contributed by atoms with Gasteiger partial charge in [0, 0.05) is 11.1 Å². The largest absolute Gasteiger partial charge is 0.494 e. The van der Waals surface area contributed by atoms with Crippen molar-refractivity contribution in [2.75, 3.05) is 7.11 Å². The van der Waals surface area contributed by atoms with Gasteiger partial charge in [-0.3, -0.25) is 9.59 Å². The van der Waals surface area contributed by atoms with E-state index in [4.69, 9.17) is 4.74 Å². The Bertz CT molecular complexity index is 1760. The highest BCUT2D eigenvalue weighted by molar-refractivity contribution is 6.13. The van der Waals surface area contributed by atoms with Crippen LogP contribution < -0.4 is 15.7 Å². The molecule has 0 bridgehead atoms. The van der Waals surface area contributed by atoms with Gasteiger partial charge < -0.3 is 4.74 Å². The van der Waals surface area contributed by atoms with Gasteiger partial charge in [0.15, 0.2) is 5.69 Å². The van der Waals surface area contributed by atoms with Crippen LogP contribution in [0.3, 0.4) is 0 Å². The van der Waals surface area contributed by atoms with Crippen molar-refractivity contribution in [3.8, 4) is 17.5 Å². The number of hydrazone groups is 1. The number of methoxy groups -OCH3 is 1. The molecule has 180 valence electrons. The van der Waals surface area contributed by atoms with Gasteiger partial charge in [0.1, 0.15) is 23.1 Å². The van der Waals surface area contributed by atoms with Crippen LogP contribution >= 0.6 is 0 Å². The summed E-state index contributed by atoms with van der Waals surface area (Å²) in [5, 5.41) is 22.2. The summed E-state index contributed by atoms with van der Waals surface area (Å²) in [6.07, 6.45) is 1.60. The monoisotopic (exact) mass is 487 g/mol. The maximum Gasteiger partial charge on any atom is 0.292 e. The Morgan fingerprint density at radius 1 is 1.03 bits per heavy atom. The molecule has 5 aromatic rings. The number of benzene rings is 4. The second-order valence-electron chi connectivity index (χ2n) is 8.28. The van der Waals surface area contributed by atoms with E-state index in [0.717, 1.165) is 31.8 Å². The third-order valence-electron chi connectivity index (χ3n) is 6.15. The number of ether oxygens (including phenoxy) is 1. The third-order valence-corrected chi connectivity index (χ3v) is 6.15. The molecule has 0 aliphatic heterocycles. The van der Waals surface area contributed by atoms with E-state index in [2.05, 4.69) is 21.7 Å². The topological polar surface area (TPSA) is 109 Å². The van der Waals surface area contributed by atoms with Crippen molar-refractivity contribution in [2.45, 2.75) is 6.92 Å².